The van der Waals surface area contributed by atoms with Crippen molar-refractivity contribution in [3.8, 4) is 79.5 Å². The van der Waals surface area contributed by atoms with Crippen molar-refractivity contribution in [1.29, 1.82) is 0 Å². The van der Waals surface area contributed by atoms with E-state index in [-0.39, 0.29) is 11.8 Å². The van der Waals surface area contributed by atoms with Crippen LogP contribution in [0.3, 0.4) is 0 Å². The minimum Gasteiger partial charge on any atom is -0.456 e. The molecule has 3 aliphatic rings. The Morgan fingerprint density at radius 1 is 0.261 bits per heavy atom. The van der Waals surface area contributed by atoms with Crippen LogP contribution in [0.4, 0.5) is 0 Å². The van der Waals surface area contributed by atoms with Crippen molar-refractivity contribution < 1.29 is 4.42 Å². The molecule has 7 nitrogen and oxygen atoms in total. The highest BCUT2D eigenvalue weighted by Crippen LogP contribution is 2.56. The van der Waals surface area contributed by atoms with Crippen molar-refractivity contribution in [2.45, 2.75) is 11.8 Å². The maximum absolute atomic E-state index is 6.22. The summed E-state index contributed by atoms with van der Waals surface area (Å²) in [6, 6.07) is 75.9. The molecule has 7 heteroatoms. The Kier molecular flexibility index (Phi) is 8.89. The second kappa shape index (κ2) is 15.7. The summed E-state index contributed by atoms with van der Waals surface area (Å²) in [6.07, 6.45) is 0. The first-order valence-corrected chi connectivity index (χ1v) is 23.3. The molecule has 0 saturated heterocycles. The Hall–Kier alpha value is -9.20. The molecule has 0 N–H and O–H groups in total. The fourth-order valence-electron chi connectivity index (χ4n) is 10.6. The number of hydrogen-bond donors (Lipinski definition) is 0. The summed E-state index contributed by atoms with van der Waals surface area (Å²) in [5.41, 5.74) is 17.4. The quantitative estimate of drug-likeness (QED) is 0.157. The van der Waals surface area contributed by atoms with Crippen LogP contribution < -0.4 is 0 Å². The smallest absolute Gasteiger partial charge is 0.164 e. The zero-order valence-corrected chi connectivity index (χ0v) is 37.0. The number of fused-ring (bicyclic) bond motifs is 3. The summed E-state index contributed by atoms with van der Waals surface area (Å²) in [6.45, 7) is 0. The first-order chi connectivity index (χ1) is 34.2. The van der Waals surface area contributed by atoms with Crippen LogP contribution in [-0.2, 0) is 0 Å². The third-order valence-electron chi connectivity index (χ3n) is 13.8. The lowest BCUT2D eigenvalue weighted by Crippen LogP contribution is -2.27. The molecule has 2 atom stereocenters. The minimum absolute atomic E-state index is 0.0163. The highest BCUT2D eigenvalue weighted by Gasteiger charge is 2.41. The lowest BCUT2D eigenvalue weighted by molar-refractivity contribution is 0.669. The molecule has 322 valence electrons. The van der Waals surface area contributed by atoms with Gasteiger partial charge in [0.25, 0.3) is 0 Å². The lowest BCUT2D eigenvalue weighted by Gasteiger charge is -2.42. The summed E-state index contributed by atoms with van der Waals surface area (Å²) in [7, 11) is 0. The Labute approximate surface area is 397 Å². The number of aromatic nitrogens is 6. The topological polar surface area (TPSA) is 90.5 Å². The van der Waals surface area contributed by atoms with E-state index in [0.29, 0.717) is 34.9 Å². The standard InChI is InChI=1S/C62H38N6O/c1-4-15-38(16-5-1)57-63-58(39-17-6-2-7-18-39)66-61(65-57)42-31-33-47-50(35-42)54-45-21-10-11-22-46(45)55(47)51-36-43(32-34-48(51)54)62-67-59(40-19-8-3-9-20-40)64-60(68-62)41-29-27-37(28-30-41)44-24-14-26-53-56(44)49-23-12-13-25-52(49)69-53/h1-36,54-55H. The summed E-state index contributed by atoms with van der Waals surface area (Å²) in [5.74, 6) is 3.85. The predicted molar refractivity (Wildman–Crippen MR) is 273 cm³/mol. The molecule has 0 aliphatic heterocycles. The number of nitrogens with zero attached hydrogens (tertiary/aromatic N) is 6. The molecular weight excluding hydrogens is 845 g/mol. The van der Waals surface area contributed by atoms with E-state index in [4.69, 9.17) is 34.3 Å². The Balaban J connectivity index is 0.866. The normalized spacial score (nSPS) is 14.4. The molecule has 12 aromatic rings. The summed E-state index contributed by atoms with van der Waals surface area (Å²) >= 11 is 0. The number of para-hydroxylation sites is 1. The fraction of sp³-hybridized carbons (Fsp3) is 0.0323. The SMILES string of the molecule is c1ccc(-c2nc(-c3ccccc3)nc(-c3ccc4c(c3)C3c5ccccc5C4c4cc(-c5nc(-c6ccccc6)nc(-c6ccc(-c7cccc8oc9ccccc9c78)cc6)n5)ccc43)n2)cc1. The van der Waals surface area contributed by atoms with Gasteiger partial charge in [0.15, 0.2) is 34.9 Å². The Morgan fingerprint density at radius 2 is 0.623 bits per heavy atom. The van der Waals surface area contributed by atoms with Gasteiger partial charge >= 0.3 is 0 Å². The predicted octanol–water partition coefficient (Wildman–Crippen LogP) is 14.6. The van der Waals surface area contributed by atoms with Crippen molar-refractivity contribution in [1.82, 2.24) is 29.9 Å². The van der Waals surface area contributed by atoms with E-state index >= 15 is 0 Å². The molecule has 2 unspecified atom stereocenters. The van der Waals surface area contributed by atoms with E-state index in [0.717, 1.165) is 66.4 Å². The third-order valence-corrected chi connectivity index (χ3v) is 13.8. The first kappa shape index (κ1) is 39.0. The van der Waals surface area contributed by atoms with Crippen LogP contribution in [0.1, 0.15) is 45.2 Å². The third kappa shape index (κ3) is 6.50. The number of rotatable bonds is 7. The van der Waals surface area contributed by atoms with Crippen molar-refractivity contribution in [2.24, 2.45) is 0 Å². The van der Waals surface area contributed by atoms with E-state index in [9.17, 15) is 0 Å². The minimum atomic E-state index is 0.0163. The Bertz CT molecular complexity index is 3910. The van der Waals surface area contributed by atoms with Crippen LogP contribution >= 0.6 is 0 Å². The van der Waals surface area contributed by atoms with Gasteiger partial charge in [0.2, 0.25) is 0 Å². The molecule has 3 aliphatic carbocycles. The van der Waals surface area contributed by atoms with E-state index in [1.165, 1.54) is 33.4 Å². The molecule has 9 aromatic carbocycles. The molecule has 3 aromatic heterocycles. The molecule has 2 bridgehead atoms. The van der Waals surface area contributed by atoms with E-state index in [1.807, 2.05) is 97.1 Å². The van der Waals surface area contributed by atoms with Crippen molar-refractivity contribution >= 4 is 21.9 Å². The van der Waals surface area contributed by atoms with Gasteiger partial charge in [-0.05, 0) is 68.8 Å². The van der Waals surface area contributed by atoms with Crippen LogP contribution in [0.5, 0.6) is 0 Å². The van der Waals surface area contributed by atoms with Crippen molar-refractivity contribution in [2.75, 3.05) is 0 Å². The zero-order chi connectivity index (χ0) is 45.4. The van der Waals surface area contributed by atoms with E-state index in [2.05, 4.69) is 121 Å². The summed E-state index contributed by atoms with van der Waals surface area (Å²) in [5, 5.41) is 2.21. The van der Waals surface area contributed by atoms with Gasteiger partial charge in [0, 0.05) is 56.0 Å². The number of benzene rings is 9. The van der Waals surface area contributed by atoms with Gasteiger partial charge in [0.05, 0.1) is 0 Å². The number of hydrogen-bond acceptors (Lipinski definition) is 7. The maximum Gasteiger partial charge on any atom is 0.164 e. The zero-order valence-electron chi connectivity index (χ0n) is 37.0. The van der Waals surface area contributed by atoms with Gasteiger partial charge in [-0.1, -0.05) is 194 Å². The highest BCUT2D eigenvalue weighted by atomic mass is 16.3. The van der Waals surface area contributed by atoms with Crippen molar-refractivity contribution in [3.05, 3.63) is 252 Å². The largest absolute Gasteiger partial charge is 0.456 e. The van der Waals surface area contributed by atoms with E-state index < -0.39 is 0 Å². The van der Waals surface area contributed by atoms with Gasteiger partial charge in [-0.2, -0.15) is 0 Å². The van der Waals surface area contributed by atoms with Gasteiger partial charge in [-0.3, -0.25) is 0 Å². The van der Waals surface area contributed by atoms with Crippen molar-refractivity contribution in [3.63, 3.8) is 0 Å². The highest BCUT2D eigenvalue weighted by molar-refractivity contribution is 6.12. The molecule has 0 radical (unpaired) electrons. The molecule has 0 saturated carbocycles. The molecular formula is C62H38N6O. The molecule has 0 fully saturated rings. The second-order valence-corrected chi connectivity index (χ2v) is 17.7. The van der Waals surface area contributed by atoms with Crippen LogP contribution in [0.25, 0.3) is 101 Å². The van der Waals surface area contributed by atoms with Crippen LogP contribution in [0.15, 0.2) is 223 Å². The van der Waals surface area contributed by atoms with Gasteiger partial charge < -0.3 is 4.42 Å². The second-order valence-electron chi connectivity index (χ2n) is 17.7. The van der Waals surface area contributed by atoms with Crippen LogP contribution in [-0.4, -0.2) is 29.9 Å². The summed E-state index contributed by atoms with van der Waals surface area (Å²) < 4.78 is 6.22. The molecule has 15 rings (SSSR count). The van der Waals surface area contributed by atoms with Gasteiger partial charge in [-0.15, -0.1) is 0 Å². The molecule has 0 spiro atoms. The van der Waals surface area contributed by atoms with Crippen LogP contribution in [0.2, 0.25) is 0 Å². The average molecular weight is 883 g/mol. The summed E-state index contributed by atoms with van der Waals surface area (Å²) in [4.78, 5) is 30.6. The molecule has 0 amide bonds. The van der Waals surface area contributed by atoms with Crippen LogP contribution in [0, 0.1) is 0 Å². The van der Waals surface area contributed by atoms with Gasteiger partial charge in [0.1, 0.15) is 11.2 Å². The van der Waals surface area contributed by atoms with E-state index in [1.54, 1.807) is 0 Å². The number of furan rings is 1. The first-order valence-electron chi connectivity index (χ1n) is 23.3. The molecule has 69 heavy (non-hydrogen) atoms. The lowest BCUT2D eigenvalue weighted by atomic mass is 9.61. The molecule has 3 heterocycles. The average Bonchev–Trinajstić information content (AvgIpc) is 3.82. The fourth-order valence-corrected chi connectivity index (χ4v) is 10.6. The van der Waals surface area contributed by atoms with Gasteiger partial charge in [-0.25, -0.2) is 29.9 Å². The Morgan fingerprint density at radius 3 is 1.12 bits per heavy atom. The monoisotopic (exact) mass is 882 g/mol. The maximum atomic E-state index is 6.22.